The predicted octanol–water partition coefficient (Wildman–Crippen LogP) is 3.56. The number of nitrogens with zero attached hydrogens (tertiary/aromatic N) is 2. The highest BCUT2D eigenvalue weighted by molar-refractivity contribution is 7.07. The van der Waals surface area contributed by atoms with Gasteiger partial charge in [-0.15, -0.1) is 36.2 Å². The number of halogens is 2. The minimum absolute atomic E-state index is 0. The molecule has 1 saturated heterocycles. The average Bonchev–Trinajstić information content (AvgIpc) is 3.08. The summed E-state index contributed by atoms with van der Waals surface area (Å²) in [6, 6.07) is 8.11. The van der Waals surface area contributed by atoms with Gasteiger partial charge in [0.2, 0.25) is 5.91 Å². The second-order valence-electron chi connectivity index (χ2n) is 6.38. The summed E-state index contributed by atoms with van der Waals surface area (Å²) in [6.45, 7) is 3.45. The fraction of sp³-hybridized carbons (Fsp3) is 0.444. The van der Waals surface area contributed by atoms with E-state index in [1.165, 1.54) is 5.56 Å². The Labute approximate surface area is 171 Å². The van der Waals surface area contributed by atoms with Crippen LogP contribution in [0.1, 0.15) is 24.1 Å². The van der Waals surface area contributed by atoms with Crippen molar-refractivity contribution in [1.29, 1.82) is 0 Å². The van der Waals surface area contributed by atoms with E-state index in [1.807, 2.05) is 17.6 Å². The van der Waals surface area contributed by atoms with Crippen LogP contribution in [0.4, 0.5) is 5.69 Å². The molecule has 1 atom stereocenters. The first kappa shape index (κ1) is 22.9. The van der Waals surface area contributed by atoms with Crippen LogP contribution in [0.3, 0.4) is 0 Å². The third-order valence-electron chi connectivity index (χ3n) is 4.23. The largest absolute Gasteiger partial charge is 0.326 e. The van der Waals surface area contributed by atoms with Crippen LogP contribution >= 0.6 is 36.2 Å². The van der Waals surface area contributed by atoms with E-state index in [4.69, 9.17) is 0 Å². The minimum Gasteiger partial charge on any atom is -0.326 e. The zero-order valence-electron chi connectivity index (χ0n) is 14.8. The number of rotatable bonds is 6. The molecule has 0 saturated carbocycles. The summed E-state index contributed by atoms with van der Waals surface area (Å²) >= 11 is 1.62. The Kier molecular flexibility index (Phi) is 10.1. The van der Waals surface area contributed by atoms with Crippen LogP contribution in [-0.2, 0) is 17.9 Å². The molecule has 1 amide bonds. The molecule has 1 aliphatic heterocycles. The molecule has 0 radical (unpaired) electrons. The maximum atomic E-state index is 12.3. The Balaban J connectivity index is 0.00000169. The van der Waals surface area contributed by atoms with Gasteiger partial charge in [-0.3, -0.25) is 9.69 Å². The van der Waals surface area contributed by atoms with Gasteiger partial charge in [0.25, 0.3) is 0 Å². The second-order valence-corrected chi connectivity index (χ2v) is 7.10. The number of carbonyl (C=O) groups is 1. The van der Waals surface area contributed by atoms with E-state index in [1.54, 1.807) is 11.3 Å². The highest BCUT2D eigenvalue weighted by atomic mass is 35.5. The van der Waals surface area contributed by atoms with Gasteiger partial charge in [-0.2, -0.15) is 0 Å². The molecule has 1 aromatic heterocycles. The highest BCUT2D eigenvalue weighted by Crippen LogP contribution is 2.17. The topological polar surface area (TPSA) is 57.3 Å². The van der Waals surface area contributed by atoms with Crippen molar-refractivity contribution >= 4 is 47.7 Å². The summed E-state index contributed by atoms with van der Waals surface area (Å²) in [5.41, 5.74) is 5.02. The molecule has 5 nitrogen and oxygen atoms in total. The first-order chi connectivity index (χ1) is 11.7. The summed E-state index contributed by atoms with van der Waals surface area (Å²) in [7, 11) is 2.08. The van der Waals surface area contributed by atoms with E-state index in [-0.39, 0.29) is 36.6 Å². The molecule has 2 heterocycles. The molecule has 0 bridgehead atoms. The van der Waals surface area contributed by atoms with Crippen LogP contribution in [-0.4, -0.2) is 35.9 Å². The number of nitrogens with one attached hydrogen (secondary N) is 2. The molecule has 26 heavy (non-hydrogen) atoms. The smallest absolute Gasteiger partial charge is 0.228 e. The van der Waals surface area contributed by atoms with Crippen molar-refractivity contribution in [2.45, 2.75) is 25.9 Å². The fourth-order valence-electron chi connectivity index (χ4n) is 3.03. The van der Waals surface area contributed by atoms with Crippen molar-refractivity contribution in [3.8, 4) is 0 Å². The number of hydrogen-bond donors (Lipinski definition) is 2. The third kappa shape index (κ3) is 6.85. The number of thiazole rings is 1. The quantitative estimate of drug-likeness (QED) is 0.755. The van der Waals surface area contributed by atoms with Crippen LogP contribution in [0.15, 0.2) is 35.2 Å². The van der Waals surface area contributed by atoms with Crippen molar-refractivity contribution in [3.63, 3.8) is 0 Å². The Bertz CT molecular complexity index is 663. The highest BCUT2D eigenvalue weighted by Gasteiger charge is 2.20. The van der Waals surface area contributed by atoms with E-state index in [2.05, 4.69) is 45.1 Å². The second kappa shape index (κ2) is 11.5. The van der Waals surface area contributed by atoms with E-state index in [0.717, 1.165) is 50.4 Å². The third-order valence-corrected chi connectivity index (χ3v) is 4.87. The summed E-state index contributed by atoms with van der Waals surface area (Å²) < 4.78 is 0. The van der Waals surface area contributed by atoms with Crippen LogP contribution in [0.2, 0.25) is 0 Å². The molecule has 2 N–H and O–H groups in total. The van der Waals surface area contributed by atoms with Gasteiger partial charge < -0.3 is 10.6 Å². The van der Waals surface area contributed by atoms with Crippen molar-refractivity contribution < 1.29 is 4.79 Å². The van der Waals surface area contributed by atoms with Crippen molar-refractivity contribution in [2.24, 2.45) is 5.92 Å². The summed E-state index contributed by atoms with van der Waals surface area (Å²) in [5.74, 6) is 0.199. The number of carbonyl (C=O) groups excluding carboxylic acids is 1. The van der Waals surface area contributed by atoms with Gasteiger partial charge in [0.15, 0.2) is 0 Å². The lowest BCUT2D eigenvalue weighted by atomic mass is 9.99. The normalized spacial score (nSPS) is 16.5. The van der Waals surface area contributed by atoms with Gasteiger partial charge in [-0.25, -0.2) is 4.98 Å². The molecule has 1 fully saturated rings. The van der Waals surface area contributed by atoms with Gasteiger partial charge in [0.1, 0.15) is 0 Å². The lowest BCUT2D eigenvalue weighted by Crippen LogP contribution is -2.37. The van der Waals surface area contributed by atoms with E-state index in [9.17, 15) is 4.79 Å². The number of aromatic nitrogens is 1. The molecule has 1 unspecified atom stereocenters. The maximum Gasteiger partial charge on any atom is 0.228 e. The van der Waals surface area contributed by atoms with E-state index >= 15 is 0 Å². The van der Waals surface area contributed by atoms with Crippen molar-refractivity contribution in [2.75, 3.05) is 25.5 Å². The number of benzene rings is 1. The van der Waals surface area contributed by atoms with Gasteiger partial charge in [-0.05, 0) is 44.1 Å². The van der Waals surface area contributed by atoms with Crippen LogP contribution < -0.4 is 10.6 Å². The Morgan fingerprint density at radius 2 is 2.23 bits per heavy atom. The fourth-order valence-corrected chi connectivity index (χ4v) is 3.58. The molecular formula is C18H26Cl2N4OS. The van der Waals surface area contributed by atoms with Gasteiger partial charge in [0.05, 0.1) is 17.1 Å². The Morgan fingerprint density at radius 1 is 1.38 bits per heavy atom. The number of piperidine rings is 1. The first-order valence-electron chi connectivity index (χ1n) is 8.37. The van der Waals surface area contributed by atoms with Crippen LogP contribution in [0.25, 0.3) is 0 Å². The molecule has 2 aromatic rings. The SMILES string of the molecule is CN(Cc1cccc(NC(=O)C2CCCNC2)c1)Cc1cscn1.Cl.Cl. The minimum atomic E-state index is 0. The van der Waals surface area contributed by atoms with Crippen molar-refractivity contribution in [1.82, 2.24) is 15.2 Å². The number of amides is 1. The summed E-state index contributed by atoms with van der Waals surface area (Å²) in [5, 5.41) is 8.42. The van der Waals surface area contributed by atoms with Gasteiger partial charge in [0, 0.05) is 30.7 Å². The molecule has 0 spiro atoms. The molecular weight excluding hydrogens is 391 g/mol. The number of hydrogen-bond acceptors (Lipinski definition) is 5. The monoisotopic (exact) mass is 416 g/mol. The zero-order valence-corrected chi connectivity index (χ0v) is 17.3. The Hall–Kier alpha value is -1.18. The van der Waals surface area contributed by atoms with Crippen LogP contribution in [0, 0.1) is 5.92 Å². The Morgan fingerprint density at radius 3 is 2.92 bits per heavy atom. The zero-order chi connectivity index (χ0) is 16.8. The predicted molar refractivity (Wildman–Crippen MR) is 112 cm³/mol. The average molecular weight is 417 g/mol. The molecule has 1 aromatic carbocycles. The maximum absolute atomic E-state index is 12.3. The summed E-state index contributed by atoms with van der Waals surface area (Å²) in [6.07, 6.45) is 2.04. The lowest BCUT2D eigenvalue weighted by molar-refractivity contribution is -0.120. The molecule has 144 valence electrons. The lowest BCUT2D eigenvalue weighted by Gasteiger charge is -2.22. The molecule has 3 rings (SSSR count). The van der Waals surface area contributed by atoms with E-state index < -0.39 is 0 Å². The molecule has 1 aliphatic rings. The van der Waals surface area contributed by atoms with Crippen LogP contribution in [0.5, 0.6) is 0 Å². The number of anilines is 1. The first-order valence-corrected chi connectivity index (χ1v) is 9.31. The van der Waals surface area contributed by atoms with Crippen molar-refractivity contribution in [3.05, 3.63) is 46.4 Å². The standard InChI is InChI=1S/C18H24N4OS.2ClH/c1-22(11-17-12-24-13-20-17)10-14-4-2-6-16(8-14)21-18(23)15-5-3-7-19-9-15;;/h2,4,6,8,12-13,15,19H,3,5,7,9-11H2,1H3,(H,21,23);2*1H. The molecule has 8 heteroatoms. The van der Waals surface area contributed by atoms with Gasteiger partial charge in [-0.1, -0.05) is 12.1 Å². The molecule has 0 aliphatic carbocycles. The summed E-state index contributed by atoms with van der Waals surface area (Å²) in [4.78, 5) is 18.9. The van der Waals surface area contributed by atoms with Gasteiger partial charge >= 0.3 is 0 Å². The van der Waals surface area contributed by atoms with E-state index in [0.29, 0.717) is 0 Å².